The summed E-state index contributed by atoms with van der Waals surface area (Å²) >= 11 is 6.34. The molecule has 0 bridgehead atoms. The van der Waals surface area contributed by atoms with E-state index in [4.69, 9.17) is 21.1 Å². The molecule has 1 amide bonds. The molecule has 6 nitrogen and oxygen atoms in total. The van der Waals surface area contributed by atoms with E-state index in [2.05, 4.69) is 0 Å². The largest absolute Gasteiger partial charge is 0.493 e. The van der Waals surface area contributed by atoms with E-state index in [1.807, 2.05) is 0 Å². The third kappa shape index (κ3) is 4.96. The van der Waals surface area contributed by atoms with E-state index in [9.17, 15) is 22.0 Å². The summed E-state index contributed by atoms with van der Waals surface area (Å²) in [6.45, 7) is 0. The molecule has 0 aromatic heterocycles. The van der Waals surface area contributed by atoms with Gasteiger partial charge in [-0.15, -0.1) is 0 Å². The first-order chi connectivity index (χ1) is 16.2. The summed E-state index contributed by atoms with van der Waals surface area (Å²) in [6.07, 6.45) is 1.55. The van der Waals surface area contributed by atoms with Crippen molar-refractivity contribution in [1.29, 1.82) is 0 Å². The summed E-state index contributed by atoms with van der Waals surface area (Å²) in [7, 11) is -2.90. The topological polar surface area (TPSA) is 72.9 Å². The van der Waals surface area contributed by atoms with E-state index in [0.29, 0.717) is 16.2 Å². The zero-order valence-electron chi connectivity index (χ0n) is 17.4. The Morgan fingerprint density at radius 3 is 2.38 bits per heavy atom. The first-order valence-corrected chi connectivity index (χ1v) is 12.2. The molecule has 0 saturated carbocycles. The number of thioether (sulfide) groups is 1. The molecular formula is C23H15F2NO5S3. The molecule has 1 heterocycles. The molecule has 174 valence electrons. The zero-order valence-corrected chi connectivity index (χ0v) is 19.8. The SMILES string of the molecule is COc1cc(/C=C2/SC(=S)N(c3cccc(F)c3)C2=O)ccc1OS(=O)(=O)c1ccc(F)cc1. The van der Waals surface area contributed by atoms with Crippen molar-refractivity contribution >= 4 is 56.1 Å². The molecule has 34 heavy (non-hydrogen) atoms. The van der Waals surface area contributed by atoms with Crippen molar-refractivity contribution in [3.05, 3.63) is 88.8 Å². The van der Waals surface area contributed by atoms with Crippen LogP contribution in [0.15, 0.2) is 76.5 Å². The number of hydrogen-bond donors (Lipinski definition) is 0. The van der Waals surface area contributed by atoms with Crippen LogP contribution >= 0.6 is 24.0 Å². The molecule has 0 aliphatic carbocycles. The Bertz CT molecular complexity index is 1420. The van der Waals surface area contributed by atoms with Crippen molar-refractivity contribution in [1.82, 2.24) is 0 Å². The van der Waals surface area contributed by atoms with Crippen LogP contribution in [0.1, 0.15) is 5.56 Å². The zero-order chi connectivity index (χ0) is 24.5. The van der Waals surface area contributed by atoms with Crippen LogP contribution in [0.5, 0.6) is 11.5 Å². The molecule has 3 aromatic carbocycles. The predicted molar refractivity (Wildman–Crippen MR) is 129 cm³/mol. The molecule has 0 unspecified atom stereocenters. The average Bonchev–Trinajstić information content (AvgIpc) is 3.07. The van der Waals surface area contributed by atoms with Gasteiger partial charge in [-0.25, -0.2) is 8.78 Å². The molecule has 1 fully saturated rings. The maximum atomic E-state index is 13.6. The Morgan fingerprint density at radius 2 is 1.71 bits per heavy atom. The monoisotopic (exact) mass is 519 g/mol. The smallest absolute Gasteiger partial charge is 0.339 e. The second kappa shape index (κ2) is 9.53. The average molecular weight is 520 g/mol. The van der Waals surface area contributed by atoms with Crippen molar-refractivity contribution in [2.45, 2.75) is 4.90 Å². The lowest BCUT2D eigenvalue weighted by Gasteiger charge is -2.14. The number of halogens is 2. The van der Waals surface area contributed by atoms with Gasteiger partial charge >= 0.3 is 10.1 Å². The Morgan fingerprint density at radius 1 is 0.971 bits per heavy atom. The van der Waals surface area contributed by atoms with Crippen LogP contribution in [0.2, 0.25) is 0 Å². The van der Waals surface area contributed by atoms with Crippen LogP contribution in [-0.2, 0) is 14.9 Å². The minimum atomic E-state index is -4.23. The van der Waals surface area contributed by atoms with Gasteiger partial charge < -0.3 is 8.92 Å². The van der Waals surface area contributed by atoms with Gasteiger partial charge in [0.1, 0.15) is 16.5 Å². The maximum absolute atomic E-state index is 13.6. The highest BCUT2D eigenvalue weighted by Gasteiger charge is 2.33. The second-order valence-electron chi connectivity index (χ2n) is 6.90. The van der Waals surface area contributed by atoms with Gasteiger partial charge in [-0.2, -0.15) is 8.42 Å². The molecule has 0 radical (unpaired) electrons. The molecule has 1 aliphatic heterocycles. The van der Waals surface area contributed by atoms with Crippen molar-refractivity contribution < 1.29 is 30.9 Å². The van der Waals surface area contributed by atoms with Crippen LogP contribution in [-0.4, -0.2) is 25.8 Å². The fraction of sp³-hybridized carbons (Fsp3) is 0.0435. The molecule has 11 heteroatoms. The van der Waals surface area contributed by atoms with E-state index in [-0.39, 0.29) is 20.7 Å². The molecule has 4 rings (SSSR count). The fourth-order valence-electron chi connectivity index (χ4n) is 3.07. The van der Waals surface area contributed by atoms with E-state index in [0.717, 1.165) is 36.0 Å². The van der Waals surface area contributed by atoms with Gasteiger partial charge in [-0.1, -0.05) is 36.1 Å². The number of amides is 1. The fourth-order valence-corrected chi connectivity index (χ4v) is 5.31. The van der Waals surface area contributed by atoms with Crippen LogP contribution in [0.3, 0.4) is 0 Å². The minimum absolute atomic E-state index is 0.0868. The summed E-state index contributed by atoms with van der Waals surface area (Å²) in [6, 6.07) is 14.1. The second-order valence-corrected chi connectivity index (χ2v) is 10.1. The number of anilines is 1. The van der Waals surface area contributed by atoms with Crippen molar-refractivity contribution in [3.8, 4) is 11.5 Å². The summed E-state index contributed by atoms with van der Waals surface area (Å²) < 4.78 is 62.4. The maximum Gasteiger partial charge on any atom is 0.339 e. The number of carbonyl (C=O) groups is 1. The van der Waals surface area contributed by atoms with Crippen LogP contribution in [0.4, 0.5) is 14.5 Å². The Balaban J connectivity index is 1.60. The molecule has 1 aliphatic rings. The lowest BCUT2D eigenvalue weighted by molar-refractivity contribution is -0.113. The summed E-state index contributed by atoms with van der Waals surface area (Å²) in [5.41, 5.74) is 0.835. The highest BCUT2D eigenvalue weighted by atomic mass is 32.2. The van der Waals surface area contributed by atoms with Gasteiger partial charge in [0.15, 0.2) is 15.8 Å². The Hall–Kier alpha value is -3.28. The van der Waals surface area contributed by atoms with E-state index < -0.39 is 27.7 Å². The number of thiocarbonyl (C=S) groups is 1. The van der Waals surface area contributed by atoms with E-state index in [1.165, 1.54) is 48.4 Å². The van der Waals surface area contributed by atoms with Crippen molar-refractivity contribution in [2.75, 3.05) is 12.0 Å². The molecule has 0 N–H and O–H groups in total. The molecule has 1 saturated heterocycles. The number of hydrogen-bond acceptors (Lipinski definition) is 7. The molecule has 0 atom stereocenters. The number of rotatable bonds is 6. The molecule has 3 aromatic rings. The lowest BCUT2D eigenvalue weighted by atomic mass is 10.2. The number of benzene rings is 3. The summed E-state index contributed by atoms with van der Waals surface area (Å²) in [4.78, 5) is 14.2. The Labute approximate surface area is 203 Å². The number of methoxy groups -OCH3 is 1. The first kappa shape index (κ1) is 23.9. The predicted octanol–water partition coefficient (Wildman–Crippen LogP) is 5.15. The summed E-state index contributed by atoms with van der Waals surface area (Å²) in [5.74, 6) is -1.48. The van der Waals surface area contributed by atoms with Gasteiger partial charge in [-0.05, 0) is 66.2 Å². The highest BCUT2D eigenvalue weighted by molar-refractivity contribution is 8.27. The minimum Gasteiger partial charge on any atom is -0.493 e. The van der Waals surface area contributed by atoms with Gasteiger partial charge in [0.25, 0.3) is 5.91 Å². The molecule has 0 spiro atoms. The number of ether oxygens (including phenoxy) is 1. The van der Waals surface area contributed by atoms with Crippen LogP contribution < -0.4 is 13.8 Å². The van der Waals surface area contributed by atoms with Crippen molar-refractivity contribution in [2.24, 2.45) is 0 Å². The van der Waals surface area contributed by atoms with E-state index >= 15 is 0 Å². The van der Waals surface area contributed by atoms with Gasteiger partial charge in [0, 0.05) is 0 Å². The quantitative estimate of drug-likeness (QED) is 0.253. The highest BCUT2D eigenvalue weighted by Crippen LogP contribution is 2.37. The Kier molecular flexibility index (Phi) is 6.69. The van der Waals surface area contributed by atoms with Gasteiger partial charge in [0.2, 0.25) is 0 Å². The standard InChI is InChI=1S/C23H15F2NO5S3/c1-30-20-11-14(5-10-19(20)31-34(28,29)18-8-6-15(24)7-9-18)12-21-22(27)26(23(32)33-21)17-4-2-3-16(25)13-17/h2-13H,1H3/b21-12+. The summed E-state index contributed by atoms with van der Waals surface area (Å²) in [5, 5.41) is 0. The van der Waals surface area contributed by atoms with Crippen LogP contribution in [0, 0.1) is 11.6 Å². The number of carbonyl (C=O) groups excluding carboxylic acids is 1. The van der Waals surface area contributed by atoms with Gasteiger partial charge in [0.05, 0.1) is 17.7 Å². The normalized spacial score (nSPS) is 15.1. The number of nitrogens with zero attached hydrogens (tertiary/aromatic N) is 1. The first-order valence-electron chi connectivity index (χ1n) is 9.59. The van der Waals surface area contributed by atoms with Gasteiger partial charge in [-0.3, -0.25) is 9.69 Å². The third-order valence-corrected chi connectivity index (χ3v) is 7.20. The van der Waals surface area contributed by atoms with E-state index in [1.54, 1.807) is 12.1 Å². The van der Waals surface area contributed by atoms with Crippen LogP contribution in [0.25, 0.3) is 6.08 Å². The molecular weight excluding hydrogens is 504 g/mol. The lowest BCUT2D eigenvalue weighted by Crippen LogP contribution is -2.27. The third-order valence-electron chi connectivity index (χ3n) is 4.65. The van der Waals surface area contributed by atoms with Crippen molar-refractivity contribution in [3.63, 3.8) is 0 Å².